The van der Waals surface area contributed by atoms with Crippen molar-refractivity contribution in [2.24, 2.45) is 0 Å². The molecule has 0 aliphatic carbocycles. The Balaban J connectivity index is 1.56. The number of nitrogens with zero attached hydrogens (tertiary/aromatic N) is 2. The van der Waals surface area contributed by atoms with Gasteiger partial charge in [0.15, 0.2) is 0 Å². The first-order valence-corrected chi connectivity index (χ1v) is 12.4. The predicted molar refractivity (Wildman–Crippen MR) is 127 cm³/mol. The summed E-state index contributed by atoms with van der Waals surface area (Å²) in [4.78, 5) is 14.9. The van der Waals surface area contributed by atoms with Crippen molar-refractivity contribution in [2.45, 2.75) is 12.8 Å². The maximum absolute atomic E-state index is 13.2. The van der Waals surface area contributed by atoms with Crippen LogP contribution < -0.4 is 18.5 Å². The summed E-state index contributed by atoms with van der Waals surface area (Å²) in [5, 5.41) is 0. The minimum absolute atomic E-state index is 0.127. The largest absolute Gasteiger partial charge is 0.496 e. The lowest BCUT2D eigenvalue weighted by Crippen LogP contribution is -2.35. The van der Waals surface area contributed by atoms with Crippen molar-refractivity contribution in [3.8, 4) is 17.2 Å². The van der Waals surface area contributed by atoms with Crippen molar-refractivity contribution >= 4 is 27.2 Å². The van der Waals surface area contributed by atoms with Crippen LogP contribution in [0, 0.1) is 0 Å². The first-order valence-electron chi connectivity index (χ1n) is 10.8. The SMILES string of the molecule is COc1cc(OC)c(C2=CCN(C(=O)c3cccc(N4CCCS4(=O)=O)c3)CC2)c(OC)c1. The van der Waals surface area contributed by atoms with Crippen molar-refractivity contribution in [2.75, 3.05) is 51.0 Å². The van der Waals surface area contributed by atoms with E-state index in [9.17, 15) is 13.2 Å². The molecule has 2 heterocycles. The number of ether oxygens (including phenoxy) is 3. The summed E-state index contributed by atoms with van der Waals surface area (Å²) >= 11 is 0. The molecule has 0 atom stereocenters. The van der Waals surface area contributed by atoms with E-state index in [1.165, 1.54) is 4.31 Å². The van der Waals surface area contributed by atoms with E-state index < -0.39 is 10.0 Å². The highest BCUT2D eigenvalue weighted by molar-refractivity contribution is 7.93. The predicted octanol–water partition coefficient (Wildman–Crippen LogP) is 3.18. The Morgan fingerprint density at radius 3 is 2.24 bits per heavy atom. The molecule has 0 spiro atoms. The minimum Gasteiger partial charge on any atom is -0.496 e. The fraction of sp³-hybridized carbons (Fsp3) is 0.375. The van der Waals surface area contributed by atoms with Crippen LogP contribution in [0.4, 0.5) is 5.69 Å². The molecule has 0 radical (unpaired) electrons. The number of methoxy groups -OCH3 is 3. The summed E-state index contributed by atoms with van der Waals surface area (Å²) < 4.78 is 42.4. The fourth-order valence-electron chi connectivity index (χ4n) is 4.31. The van der Waals surface area contributed by atoms with Crippen molar-refractivity contribution < 1.29 is 27.4 Å². The lowest BCUT2D eigenvalue weighted by atomic mass is 9.96. The van der Waals surface area contributed by atoms with Gasteiger partial charge in [0.25, 0.3) is 5.91 Å². The van der Waals surface area contributed by atoms with Gasteiger partial charge in [0, 0.05) is 37.3 Å². The molecular weight excluding hydrogens is 444 g/mol. The zero-order valence-electron chi connectivity index (χ0n) is 19.0. The zero-order valence-corrected chi connectivity index (χ0v) is 19.9. The van der Waals surface area contributed by atoms with Gasteiger partial charge in [-0.2, -0.15) is 0 Å². The molecule has 33 heavy (non-hydrogen) atoms. The fourth-order valence-corrected chi connectivity index (χ4v) is 5.87. The number of hydrogen-bond acceptors (Lipinski definition) is 6. The van der Waals surface area contributed by atoms with Crippen LogP contribution >= 0.6 is 0 Å². The van der Waals surface area contributed by atoms with E-state index in [0.29, 0.717) is 61.0 Å². The van der Waals surface area contributed by atoms with Crippen LogP contribution in [0.1, 0.15) is 28.8 Å². The van der Waals surface area contributed by atoms with E-state index in [-0.39, 0.29) is 11.7 Å². The zero-order chi connectivity index (χ0) is 23.6. The summed E-state index contributed by atoms with van der Waals surface area (Å²) in [6.07, 6.45) is 3.23. The number of benzene rings is 2. The molecule has 0 aromatic heterocycles. The molecule has 0 N–H and O–H groups in total. The molecule has 0 bridgehead atoms. The van der Waals surface area contributed by atoms with Gasteiger partial charge in [0.1, 0.15) is 17.2 Å². The third-order valence-corrected chi connectivity index (χ3v) is 7.88. The smallest absolute Gasteiger partial charge is 0.254 e. The number of carbonyl (C=O) groups is 1. The summed E-state index contributed by atoms with van der Waals surface area (Å²) in [6, 6.07) is 10.5. The van der Waals surface area contributed by atoms with E-state index in [1.54, 1.807) is 50.5 Å². The Morgan fingerprint density at radius 2 is 1.70 bits per heavy atom. The lowest BCUT2D eigenvalue weighted by molar-refractivity contribution is 0.0773. The average molecular weight is 473 g/mol. The third-order valence-electron chi connectivity index (χ3n) is 6.01. The molecule has 2 aromatic rings. The first kappa shape index (κ1) is 23.0. The second-order valence-corrected chi connectivity index (χ2v) is 9.94. The van der Waals surface area contributed by atoms with Gasteiger partial charge in [-0.05, 0) is 36.6 Å². The molecule has 1 saturated heterocycles. The topological polar surface area (TPSA) is 85.4 Å². The van der Waals surface area contributed by atoms with Gasteiger partial charge in [-0.15, -0.1) is 0 Å². The minimum atomic E-state index is -3.30. The second kappa shape index (κ2) is 9.35. The Labute approximate surface area is 194 Å². The Bertz CT molecular complexity index is 1170. The van der Waals surface area contributed by atoms with Crippen molar-refractivity contribution in [3.05, 3.63) is 53.6 Å². The number of carbonyl (C=O) groups excluding carboxylic acids is 1. The summed E-state index contributed by atoms with van der Waals surface area (Å²) in [5.41, 5.74) is 2.91. The molecular formula is C24H28N2O6S. The van der Waals surface area contributed by atoms with Crippen LogP contribution in [0.5, 0.6) is 17.2 Å². The van der Waals surface area contributed by atoms with Gasteiger partial charge in [-0.25, -0.2) is 8.42 Å². The highest BCUT2D eigenvalue weighted by Gasteiger charge is 2.29. The van der Waals surface area contributed by atoms with Crippen LogP contribution in [0.25, 0.3) is 5.57 Å². The van der Waals surface area contributed by atoms with Gasteiger partial charge < -0.3 is 19.1 Å². The number of rotatable bonds is 6. The molecule has 2 aliphatic rings. The Hall–Kier alpha value is -3.20. The first-order chi connectivity index (χ1) is 15.9. The average Bonchev–Trinajstić information content (AvgIpc) is 3.21. The van der Waals surface area contributed by atoms with Crippen LogP contribution in [-0.2, 0) is 10.0 Å². The molecule has 0 unspecified atom stereocenters. The monoisotopic (exact) mass is 472 g/mol. The number of hydrogen-bond donors (Lipinski definition) is 0. The molecule has 176 valence electrons. The maximum atomic E-state index is 13.2. The molecule has 1 amide bonds. The van der Waals surface area contributed by atoms with Crippen molar-refractivity contribution in [1.82, 2.24) is 4.90 Å². The second-order valence-electron chi connectivity index (χ2n) is 7.93. The van der Waals surface area contributed by atoms with Crippen molar-refractivity contribution in [3.63, 3.8) is 0 Å². The molecule has 1 fully saturated rings. The molecule has 2 aliphatic heterocycles. The molecule has 2 aromatic carbocycles. The molecule has 0 saturated carbocycles. The van der Waals surface area contributed by atoms with E-state index in [0.717, 1.165) is 11.1 Å². The summed E-state index contributed by atoms with van der Waals surface area (Å²) in [6.45, 7) is 1.40. The van der Waals surface area contributed by atoms with E-state index in [4.69, 9.17) is 14.2 Å². The molecule has 8 nitrogen and oxygen atoms in total. The standard InChI is InChI=1S/C24H28N2O6S/c1-30-20-15-21(31-2)23(22(16-20)32-3)17-8-11-25(12-9-17)24(27)18-6-4-7-19(14-18)26-10-5-13-33(26,28)29/h4,6-8,14-16H,5,9-13H2,1-3H3. The molecule has 4 rings (SSSR count). The third kappa shape index (κ3) is 4.50. The van der Waals surface area contributed by atoms with Crippen LogP contribution in [-0.4, -0.2) is 65.9 Å². The number of amides is 1. The quantitative estimate of drug-likeness (QED) is 0.642. The summed E-state index contributed by atoms with van der Waals surface area (Å²) in [5.74, 6) is 1.95. The molecule has 9 heteroatoms. The Morgan fingerprint density at radius 1 is 0.970 bits per heavy atom. The van der Waals surface area contributed by atoms with Crippen LogP contribution in [0.2, 0.25) is 0 Å². The highest BCUT2D eigenvalue weighted by atomic mass is 32.2. The highest BCUT2D eigenvalue weighted by Crippen LogP contribution is 2.41. The van der Waals surface area contributed by atoms with Crippen LogP contribution in [0.3, 0.4) is 0 Å². The van der Waals surface area contributed by atoms with Gasteiger partial charge in [0.2, 0.25) is 10.0 Å². The number of sulfonamides is 1. The van der Waals surface area contributed by atoms with Gasteiger partial charge in [0.05, 0.1) is 38.3 Å². The van der Waals surface area contributed by atoms with Gasteiger partial charge in [-0.1, -0.05) is 12.1 Å². The van der Waals surface area contributed by atoms with E-state index >= 15 is 0 Å². The van der Waals surface area contributed by atoms with E-state index in [2.05, 4.69) is 0 Å². The van der Waals surface area contributed by atoms with Crippen molar-refractivity contribution in [1.29, 1.82) is 0 Å². The maximum Gasteiger partial charge on any atom is 0.254 e. The Kier molecular flexibility index (Phi) is 6.51. The number of anilines is 1. The van der Waals surface area contributed by atoms with Crippen LogP contribution in [0.15, 0.2) is 42.5 Å². The van der Waals surface area contributed by atoms with E-state index in [1.807, 2.05) is 18.2 Å². The summed E-state index contributed by atoms with van der Waals surface area (Å²) in [7, 11) is 1.49. The van der Waals surface area contributed by atoms with Gasteiger partial charge in [-0.3, -0.25) is 9.10 Å². The normalized spacial score (nSPS) is 17.5. The van der Waals surface area contributed by atoms with Gasteiger partial charge >= 0.3 is 0 Å². The lowest BCUT2D eigenvalue weighted by Gasteiger charge is -2.28.